The van der Waals surface area contributed by atoms with Crippen molar-refractivity contribution in [1.29, 1.82) is 5.26 Å². The van der Waals surface area contributed by atoms with E-state index in [1.165, 1.54) is 0 Å². The van der Waals surface area contributed by atoms with E-state index in [-0.39, 0.29) is 8.41 Å². The first-order valence-electron chi connectivity index (χ1n) is 1.28. The van der Waals surface area contributed by atoms with Crippen LogP contribution in [0.5, 0.6) is 0 Å². The second-order valence-corrected chi connectivity index (χ2v) is 0.512. The predicted octanol–water partition coefficient (Wildman–Crippen LogP) is 0.539. The van der Waals surface area contributed by atoms with Gasteiger partial charge in [-0.2, -0.15) is 5.26 Å². The summed E-state index contributed by atoms with van der Waals surface area (Å²) in [4.78, 5) is 0. The van der Waals surface area contributed by atoms with Gasteiger partial charge in [0.2, 0.25) is 0 Å². The Labute approximate surface area is 34.2 Å². The SMILES string of the molecule is CCC#N.[B]. The van der Waals surface area contributed by atoms with Gasteiger partial charge in [0.05, 0.1) is 6.07 Å². The van der Waals surface area contributed by atoms with Crippen molar-refractivity contribution < 1.29 is 0 Å². The van der Waals surface area contributed by atoms with Crippen LogP contribution in [0.1, 0.15) is 13.3 Å². The molecule has 0 aliphatic heterocycles. The largest absolute Gasteiger partial charge is 0.198 e. The molecule has 0 rings (SSSR count). The highest BCUT2D eigenvalue weighted by Crippen LogP contribution is 1.58. The van der Waals surface area contributed by atoms with Crippen LogP contribution < -0.4 is 0 Å². The third kappa shape index (κ3) is 27.9. The Balaban J connectivity index is 0. The maximum Gasteiger partial charge on any atom is 0.0618 e. The molecule has 0 N–H and O–H groups in total. The van der Waals surface area contributed by atoms with Crippen LogP contribution in [0.2, 0.25) is 0 Å². The van der Waals surface area contributed by atoms with E-state index in [0.717, 1.165) is 0 Å². The van der Waals surface area contributed by atoms with Crippen molar-refractivity contribution >= 4 is 8.41 Å². The van der Waals surface area contributed by atoms with Crippen molar-refractivity contribution in [3.63, 3.8) is 0 Å². The molecule has 0 aliphatic carbocycles. The van der Waals surface area contributed by atoms with E-state index >= 15 is 0 Å². The van der Waals surface area contributed by atoms with E-state index in [0.29, 0.717) is 6.42 Å². The van der Waals surface area contributed by atoms with Crippen molar-refractivity contribution in [2.75, 3.05) is 0 Å². The van der Waals surface area contributed by atoms with Crippen molar-refractivity contribution in [3.05, 3.63) is 0 Å². The second kappa shape index (κ2) is 9.60. The lowest BCUT2D eigenvalue weighted by Crippen LogP contribution is -1.38. The Morgan fingerprint density at radius 2 is 2.00 bits per heavy atom. The Morgan fingerprint density at radius 3 is 2.00 bits per heavy atom. The highest BCUT2D eigenvalue weighted by atomic mass is 14.2. The van der Waals surface area contributed by atoms with Gasteiger partial charge in [0.25, 0.3) is 0 Å². The molecule has 0 fully saturated rings. The highest BCUT2D eigenvalue weighted by molar-refractivity contribution is 5.75. The summed E-state index contributed by atoms with van der Waals surface area (Å²) in [6.07, 6.45) is 0.625. The summed E-state index contributed by atoms with van der Waals surface area (Å²) in [5.41, 5.74) is 0. The molecule has 3 radical (unpaired) electrons. The van der Waals surface area contributed by atoms with Crippen LogP contribution in [0.25, 0.3) is 0 Å². The standard InChI is InChI=1S/C3H5N.B/c1-2-3-4;/h2H2,1H3;. The van der Waals surface area contributed by atoms with E-state index in [4.69, 9.17) is 5.26 Å². The third-order valence-electron chi connectivity index (χ3n) is 0.158. The first-order chi connectivity index (χ1) is 1.91. The molecular weight excluding hydrogens is 60.9 g/mol. The van der Waals surface area contributed by atoms with Gasteiger partial charge in [-0.1, -0.05) is 6.92 Å². The lowest BCUT2D eigenvalue weighted by atomic mass is 10.6. The molecule has 0 saturated heterocycles. The molecule has 2 heteroatoms. The smallest absolute Gasteiger partial charge is 0.0618 e. The Hall–Kier alpha value is -0.445. The Kier molecular flexibility index (Phi) is 16.9. The number of rotatable bonds is 0. The summed E-state index contributed by atoms with van der Waals surface area (Å²) in [5.74, 6) is 0. The number of hydrogen-bond donors (Lipinski definition) is 0. The maximum absolute atomic E-state index is 7.62. The Bertz CT molecular complexity index is 36.6. The van der Waals surface area contributed by atoms with E-state index in [2.05, 4.69) is 0 Å². The number of nitriles is 1. The molecule has 0 amide bonds. The normalized spacial score (nSPS) is 4.00. The second-order valence-electron chi connectivity index (χ2n) is 0.512. The van der Waals surface area contributed by atoms with Crippen LogP contribution in [0, 0.1) is 11.3 Å². The lowest BCUT2D eigenvalue weighted by molar-refractivity contribution is 1.22. The van der Waals surface area contributed by atoms with Crippen LogP contribution in [-0.4, -0.2) is 8.41 Å². The molecule has 0 heterocycles. The van der Waals surface area contributed by atoms with Gasteiger partial charge in [0, 0.05) is 14.8 Å². The summed E-state index contributed by atoms with van der Waals surface area (Å²) in [6.45, 7) is 1.82. The van der Waals surface area contributed by atoms with Crippen molar-refractivity contribution in [2.24, 2.45) is 0 Å². The summed E-state index contributed by atoms with van der Waals surface area (Å²) in [5, 5.41) is 7.62. The van der Waals surface area contributed by atoms with Crippen LogP contribution in [0.4, 0.5) is 0 Å². The van der Waals surface area contributed by atoms with E-state index in [9.17, 15) is 0 Å². The monoisotopic (exact) mass is 66.1 g/mol. The molecular formula is C3H5BN. The molecule has 0 atom stereocenters. The van der Waals surface area contributed by atoms with Crippen LogP contribution >= 0.6 is 0 Å². The van der Waals surface area contributed by atoms with Gasteiger partial charge in [0.15, 0.2) is 0 Å². The average Bonchev–Trinajstić information content (AvgIpc) is 1.37. The van der Waals surface area contributed by atoms with Crippen molar-refractivity contribution in [3.8, 4) is 6.07 Å². The molecule has 0 saturated carbocycles. The van der Waals surface area contributed by atoms with Crippen molar-refractivity contribution in [2.45, 2.75) is 13.3 Å². The zero-order valence-electron chi connectivity index (χ0n) is 3.23. The molecule has 0 unspecified atom stereocenters. The zero-order chi connectivity index (χ0) is 3.41. The quantitative estimate of drug-likeness (QED) is 0.378. The lowest BCUT2D eigenvalue weighted by Gasteiger charge is -1.47. The van der Waals surface area contributed by atoms with Crippen molar-refractivity contribution in [1.82, 2.24) is 0 Å². The summed E-state index contributed by atoms with van der Waals surface area (Å²) >= 11 is 0. The van der Waals surface area contributed by atoms with Gasteiger partial charge in [-0.15, -0.1) is 0 Å². The molecule has 0 aromatic carbocycles. The van der Waals surface area contributed by atoms with Gasteiger partial charge in [-0.05, 0) is 0 Å². The van der Waals surface area contributed by atoms with Crippen LogP contribution in [0.15, 0.2) is 0 Å². The Morgan fingerprint density at radius 1 is 1.80 bits per heavy atom. The topological polar surface area (TPSA) is 23.8 Å². The minimum Gasteiger partial charge on any atom is -0.198 e. The fourth-order valence-electron chi connectivity index (χ4n) is 0. The molecule has 0 spiro atoms. The van der Waals surface area contributed by atoms with E-state index < -0.39 is 0 Å². The van der Waals surface area contributed by atoms with E-state index in [1.54, 1.807) is 0 Å². The number of nitrogens with zero attached hydrogens (tertiary/aromatic N) is 1. The molecule has 5 heavy (non-hydrogen) atoms. The van der Waals surface area contributed by atoms with Crippen LogP contribution in [0.3, 0.4) is 0 Å². The number of hydrogen-bond acceptors (Lipinski definition) is 1. The predicted molar refractivity (Wildman–Crippen MR) is 21.7 cm³/mol. The summed E-state index contributed by atoms with van der Waals surface area (Å²) < 4.78 is 0. The molecule has 0 aromatic heterocycles. The molecule has 0 aromatic rings. The van der Waals surface area contributed by atoms with E-state index in [1.807, 2.05) is 13.0 Å². The van der Waals surface area contributed by atoms with Gasteiger partial charge in [0.1, 0.15) is 0 Å². The van der Waals surface area contributed by atoms with Gasteiger partial charge < -0.3 is 0 Å². The van der Waals surface area contributed by atoms with Gasteiger partial charge >= 0.3 is 0 Å². The summed E-state index contributed by atoms with van der Waals surface area (Å²) in [6, 6.07) is 1.93. The first-order valence-corrected chi connectivity index (χ1v) is 1.28. The van der Waals surface area contributed by atoms with Gasteiger partial charge in [-0.25, -0.2) is 0 Å². The fourth-order valence-corrected chi connectivity index (χ4v) is 0. The average molecular weight is 65.9 g/mol. The van der Waals surface area contributed by atoms with Crippen LogP contribution in [-0.2, 0) is 0 Å². The highest BCUT2D eigenvalue weighted by Gasteiger charge is 1.49. The molecule has 0 aliphatic rings. The maximum atomic E-state index is 7.62. The molecule has 1 nitrogen and oxygen atoms in total. The minimum absolute atomic E-state index is 0. The van der Waals surface area contributed by atoms with Gasteiger partial charge in [-0.3, -0.25) is 0 Å². The fraction of sp³-hybridized carbons (Fsp3) is 0.667. The summed E-state index contributed by atoms with van der Waals surface area (Å²) in [7, 11) is 0. The third-order valence-corrected chi connectivity index (χ3v) is 0.158. The zero-order valence-corrected chi connectivity index (χ0v) is 3.23. The minimum atomic E-state index is 0. The first kappa shape index (κ1) is 8.82. The molecule has 0 bridgehead atoms. The molecule has 25 valence electrons.